The lowest BCUT2D eigenvalue weighted by Crippen LogP contribution is -2.64. The van der Waals surface area contributed by atoms with Gasteiger partial charge >= 0.3 is 5.97 Å². The molecule has 1 aromatic carbocycles. The van der Waals surface area contributed by atoms with E-state index in [-0.39, 0.29) is 23.1 Å². The number of carbonyl (C=O) groups is 3. The molecule has 4 fully saturated rings. The van der Waals surface area contributed by atoms with Gasteiger partial charge in [-0.1, -0.05) is 6.07 Å². The number of hydrogen-bond acceptors (Lipinski definition) is 6. The van der Waals surface area contributed by atoms with Crippen LogP contribution in [0.5, 0.6) is 0 Å². The lowest BCUT2D eigenvalue weighted by atomic mass is 9.47. The first kappa shape index (κ1) is 21.3. The Kier molecular flexibility index (Phi) is 5.23. The summed E-state index contributed by atoms with van der Waals surface area (Å²) >= 11 is 0. The number of amides is 2. The molecule has 0 spiro atoms. The van der Waals surface area contributed by atoms with E-state index in [1.54, 1.807) is 13.0 Å². The summed E-state index contributed by atoms with van der Waals surface area (Å²) in [5.41, 5.74) is -0.447. The van der Waals surface area contributed by atoms with E-state index in [4.69, 9.17) is 4.74 Å². The predicted molar refractivity (Wildman–Crippen MR) is 111 cm³/mol. The predicted octanol–water partition coefficient (Wildman–Crippen LogP) is 2.86. The summed E-state index contributed by atoms with van der Waals surface area (Å²) in [6.45, 7) is 2.60. The fourth-order valence-corrected chi connectivity index (χ4v) is 6.45. The van der Waals surface area contributed by atoms with Crippen molar-refractivity contribution in [2.45, 2.75) is 57.9 Å². The van der Waals surface area contributed by atoms with Crippen LogP contribution in [0.1, 0.15) is 51.0 Å². The van der Waals surface area contributed by atoms with E-state index < -0.39 is 22.9 Å². The molecule has 5 rings (SSSR count). The van der Waals surface area contributed by atoms with E-state index in [2.05, 4.69) is 10.6 Å². The quantitative estimate of drug-likeness (QED) is 0.407. The topological polar surface area (TPSA) is 128 Å². The van der Waals surface area contributed by atoms with Crippen molar-refractivity contribution in [2.24, 2.45) is 17.3 Å². The number of carbonyl (C=O) groups excluding carboxylic acids is 3. The minimum atomic E-state index is -0.658. The van der Waals surface area contributed by atoms with Gasteiger partial charge in [0.1, 0.15) is 0 Å². The number of benzene rings is 1. The van der Waals surface area contributed by atoms with E-state index in [1.165, 1.54) is 19.1 Å². The maximum absolute atomic E-state index is 13.1. The van der Waals surface area contributed by atoms with Crippen LogP contribution in [0.4, 0.5) is 11.4 Å². The van der Waals surface area contributed by atoms with Gasteiger partial charge in [0.15, 0.2) is 6.61 Å². The van der Waals surface area contributed by atoms with Gasteiger partial charge in [-0.25, -0.2) is 0 Å². The number of nitro groups is 1. The van der Waals surface area contributed by atoms with Gasteiger partial charge in [-0.3, -0.25) is 24.5 Å². The Bertz CT molecular complexity index is 945. The highest BCUT2D eigenvalue weighted by molar-refractivity contribution is 5.94. The molecule has 0 radical (unpaired) electrons. The van der Waals surface area contributed by atoms with E-state index in [0.717, 1.165) is 32.1 Å². The fourth-order valence-electron chi connectivity index (χ4n) is 6.45. The molecule has 0 saturated heterocycles. The summed E-state index contributed by atoms with van der Waals surface area (Å²) in [4.78, 5) is 47.8. The third kappa shape index (κ3) is 4.00. The third-order valence-corrected chi connectivity index (χ3v) is 7.05. The Labute approximate surface area is 180 Å². The number of rotatable bonds is 6. The van der Waals surface area contributed by atoms with Gasteiger partial charge < -0.3 is 15.4 Å². The van der Waals surface area contributed by atoms with Crippen LogP contribution < -0.4 is 10.6 Å². The number of nitrogens with zero attached hydrogens (tertiary/aromatic N) is 1. The molecule has 1 aromatic rings. The number of anilines is 1. The fraction of sp³-hybridized carbons (Fsp3) is 0.591. The molecule has 9 heteroatoms. The number of ether oxygens (including phenoxy) is 1. The zero-order valence-corrected chi connectivity index (χ0v) is 17.7. The zero-order chi connectivity index (χ0) is 22.4. The lowest BCUT2D eigenvalue weighted by molar-refractivity contribution is -0.385. The molecule has 2 atom stereocenters. The normalized spacial score (nSPS) is 30.5. The Hall–Kier alpha value is -2.97. The molecular formula is C22H27N3O6. The second-order valence-electron chi connectivity index (χ2n) is 9.53. The third-order valence-electron chi connectivity index (χ3n) is 7.05. The molecule has 166 valence electrons. The SMILES string of the molecule is CC(=O)NC12CC3CC(C1)CC(C(=O)OCC(=O)Nc1cccc([N+](=O)[O-])c1C)(C3)C2. The molecule has 4 bridgehead atoms. The molecule has 0 aliphatic heterocycles. The van der Waals surface area contributed by atoms with Crippen molar-refractivity contribution in [2.75, 3.05) is 11.9 Å². The number of hydrogen-bond donors (Lipinski definition) is 2. The average Bonchev–Trinajstić information content (AvgIpc) is 2.65. The molecular weight excluding hydrogens is 402 g/mol. The van der Waals surface area contributed by atoms with Crippen LogP contribution in [-0.2, 0) is 19.1 Å². The zero-order valence-electron chi connectivity index (χ0n) is 17.7. The summed E-state index contributed by atoms with van der Waals surface area (Å²) in [6, 6.07) is 4.42. The van der Waals surface area contributed by atoms with E-state index in [9.17, 15) is 24.5 Å². The van der Waals surface area contributed by atoms with Gasteiger partial charge in [0.05, 0.1) is 21.6 Å². The number of esters is 1. The largest absolute Gasteiger partial charge is 0.455 e. The summed E-state index contributed by atoms with van der Waals surface area (Å²) in [5.74, 6) is -0.262. The van der Waals surface area contributed by atoms with Crippen LogP contribution in [0.2, 0.25) is 0 Å². The standard InChI is InChI=1S/C22H27N3O6/c1-13-17(4-3-5-18(13)25(29)30)23-19(27)11-31-20(28)21-7-15-6-16(8-21)10-22(9-15,12-21)24-14(2)26/h3-5,15-16H,6-12H2,1-2H3,(H,23,27)(H,24,26). The number of nitrogens with one attached hydrogen (secondary N) is 2. The first-order chi connectivity index (χ1) is 14.6. The van der Waals surface area contributed by atoms with E-state index >= 15 is 0 Å². The Morgan fingerprint density at radius 2 is 1.87 bits per heavy atom. The van der Waals surface area contributed by atoms with Crippen molar-refractivity contribution in [3.05, 3.63) is 33.9 Å². The van der Waals surface area contributed by atoms with Crippen LogP contribution in [0, 0.1) is 34.3 Å². The molecule has 4 aliphatic rings. The maximum Gasteiger partial charge on any atom is 0.312 e. The molecule has 0 heterocycles. The van der Waals surface area contributed by atoms with E-state index in [1.807, 2.05) is 0 Å². The second-order valence-corrected chi connectivity index (χ2v) is 9.53. The van der Waals surface area contributed by atoms with Crippen molar-refractivity contribution in [3.63, 3.8) is 0 Å². The van der Waals surface area contributed by atoms with Gasteiger partial charge in [-0.15, -0.1) is 0 Å². The summed E-state index contributed by atoms with van der Waals surface area (Å²) < 4.78 is 5.43. The highest BCUT2D eigenvalue weighted by Gasteiger charge is 2.61. The van der Waals surface area contributed by atoms with Crippen molar-refractivity contribution < 1.29 is 24.0 Å². The van der Waals surface area contributed by atoms with Gasteiger partial charge in [-0.05, 0) is 63.4 Å². The van der Waals surface area contributed by atoms with Crippen LogP contribution in [0.25, 0.3) is 0 Å². The minimum absolute atomic E-state index is 0.0860. The Morgan fingerprint density at radius 1 is 1.19 bits per heavy atom. The molecule has 4 saturated carbocycles. The van der Waals surface area contributed by atoms with Gasteiger partial charge in [-0.2, -0.15) is 0 Å². The maximum atomic E-state index is 13.1. The number of nitro benzene ring substituents is 1. The van der Waals surface area contributed by atoms with Crippen LogP contribution in [0.15, 0.2) is 18.2 Å². The monoisotopic (exact) mass is 429 g/mol. The summed E-state index contributed by atoms with van der Waals surface area (Å²) in [6.07, 6.45) is 4.87. The van der Waals surface area contributed by atoms with Crippen molar-refractivity contribution in [1.82, 2.24) is 5.32 Å². The molecule has 2 N–H and O–H groups in total. The molecule has 2 unspecified atom stereocenters. The van der Waals surface area contributed by atoms with Gasteiger partial charge in [0, 0.05) is 18.5 Å². The molecule has 0 aromatic heterocycles. The van der Waals surface area contributed by atoms with Crippen LogP contribution in [-0.4, -0.2) is 34.9 Å². The van der Waals surface area contributed by atoms with Crippen molar-refractivity contribution in [3.8, 4) is 0 Å². The Morgan fingerprint density at radius 3 is 2.48 bits per heavy atom. The molecule has 31 heavy (non-hydrogen) atoms. The van der Waals surface area contributed by atoms with Crippen molar-refractivity contribution in [1.29, 1.82) is 0 Å². The average molecular weight is 429 g/mol. The first-order valence-electron chi connectivity index (χ1n) is 10.6. The summed E-state index contributed by atoms with van der Waals surface area (Å²) in [5, 5.41) is 16.8. The minimum Gasteiger partial charge on any atom is -0.455 e. The summed E-state index contributed by atoms with van der Waals surface area (Å²) in [7, 11) is 0. The van der Waals surface area contributed by atoms with Gasteiger partial charge in [0.25, 0.3) is 11.6 Å². The highest BCUT2D eigenvalue weighted by atomic mass is 16.6. The Balaban J connectivity index is 1.41. The lowest BCUT2D eigenvalue weighted by Gasteiger charge is -2.60. The second kappa shape index (κ2) is 7.62. The van der Waals surface area contributed by atoms with Crippen molar-refractivity contribution >= 4 is 29.2 Å². The first-order valence-corrected chi connectivity index (χ1v) is 10.6. The van der Waals surface area contributed by atoms with Crippen LogP contribution >= 0.6 is 0 Å². The molecule has 4 aliphatic carbocycles. The molecule has 2 amide bonds. The highest BCUT2D eigenvalue weighted by Crippen LogP contribution is 2.62. The van der Waals surface area contributed by atoms with Crippen LogP contribution in [0.3, 0.4) is 0 Å². The van der Waals surface area contributed by atoms with Gasteiger partial charge in [0.2, 0.25) is 5.91 Å². The smallest absolute Gasteiger partial charge is 0.312 e. The molecule has 9 nitrogen and oxygen atoms in total. The van der Waals surface area contributed by atoms with E-state index in [0.29, 0.717) is 29.5 Å².